The van der Waals surface area contributed by atoms with E-state index in [-0.39, 0.29) is 5.91 Å². The van der Waals surface area contributed by atoms with Gasteiger partial charge in [0, 0.05) is 5.69 Å². The van der Waals surface area contributed by atoms with Crippen LogP contribution in [-0.4, -0.2) is 5.91 Å². The van der Waals surface area contributed by atoms with Crippen LogP contribution in [0, 0.1) is 30.6 Å². The zero-order valence-electron chi connectivity index (χ0n) is 9.50. The van der Waals surface area contributed by atoms with Crippen molar-refractivity contribution in [3.05, 3.63) is 29.3 Å². The average molecular weight is 214 g/mol. The van der Waals surface area contributed by atoms with Crippen LogP contribution in [0.15, 0.2) is 18.2 Å². The summed E-state index contributed by atoms with van der Waals surface area (Å²) < 4.78 is 0. The fraction of sp³-hybridized carbons (Fsp3) is 0.385. The third kappa shape index (κ3) is 1.79. The molecule has 1 aliphatic rings. The second kappa shape index (κ2) is 3.64. The number of nitriles is 1. The van der Waals surface area contributed by atoms with Crippen LogP contribution in [0.25, 0.3) is 0 Å². The first-order chi connectivity index (χ1) is 7.57. The number of hydrogen-bond acceptors (Lipinski definition) is 2. The van der Waals surface area contributed by atoms with Crippen molar-refractivity contribution in [3.63, 3.8) is 0 Å². The molecule has 1 aromatic carbocycles. The maximum Gasteiger partial charge on any atom is 0.244 e. The Morgan fingerprint density at radius 3 is 2.69 bits per heavy atom. The molecule has 1 N–H and O–H groups in total. The summed E-state index contributed by atoms with van der Waals surface area (Å²) in [4.78, 5) is 11.9. The van der Waals surface area contributed by atoms with E-state index in [9.17, 15) is 4.79 Å². The summed E-state index contributed by atoms with van der Waals surface area (Å²) in [7, 11) is 0. The number of nitrogens with one attached hydrogen (secondary N) is 1. The predicted molar refractivity (Wildman–Crippen MR) is 61.8 cm³/mol. The number of hydrogen-bond donors (Lipinski definition) is 1. The molecule has 0 bridgehead atoms. The lowest BCUT2D eigenvalue weighted by Crippen LogP contribution is -2.23. The molecule has 2 rings (SSSR count). The van der Waals surface area contributed by atoms with E-state index in [0.29, 0.717) is 12.8 Å². The highest BCUT2D eigenvalue weighted by molar-refractivity contribution is 5.99. The van der Waals surface area contributed by atoms with Crippen molar-refractivity contribution >= 4 is 11.6 Å². The van der Waals surface area contributed by atoms with Gasteiger partial charge in [-0.15, -0.1) is 0 Å². The molecule has 1 saturated carbocycles. The molecule has 0 unspecified atom stereocenters. The van der Waals surface area contributed by atoms with Crippen LogP contribution in [0.2, 0.25) is 0 Å². The van der Waals surface area contributed by atoms with Gasteiger partial charge in [-0.25, -0.2) is 0 Å². The number of carbonyl (C=O) groups excluding carboxylic acids is 1. The summed E-state index contributed by atoms with van der Waals surface area (Å²) in [5.74, 6) is -0.163. The summed E-state index contributed by atoms with van der Waals surface area (Å²) >= 11 is 0. The van der Waals surface area contributed by atoms with Crippen LogP contribution in [-0.2, 0) is 4.79 Å². The van der Waals surface area contributed by atoms with Crippen LogP contribution in [0.5, 0.6) is 0 Å². The topological polar surface area (TPSA) is 52.9 Å². The second-order valence-electron chi connectivity index (χ2n) is 4.47. The van der Waals surface area contributed by atoms with Gasteiger partial charge in [0.25, 0.3) is 0 Å². The summed E-state index contributed by atoms with van der Waals surface area (Å²) in [5, 5.41) is 11.8. The van der Waals surface area contributed by atoms with E-state index in [1.165, 1.54) is 0 Å². The quantitative estimate of drug-likeness (QED) is 0.822. The van der Waals surface area contributed by atoms with Crippen molar-refractivity contribution in [2.45, 2.75) is 26.7 Å². The third-order valence-electron chi connectivity index (χ3n) is 3.04. The maximum absolute atomic E-state index is 11.9. The molecule has 1 aromatic rings. The second-order valence-corrected chi connectivity index (χ2v) is 4.47. The van der Waals surface area contributed by atoms with Crippen molar-refractivity contribution in [1.29, 1.82) is 5.26 Å². The summed E-state index contributed by atoms with van der Waals surface area (Å²) in [6.45, 7) is 3.92. The molecule has 82 valence electrons. The van der Waals surface area contributed by atoms with E-state index in [4.69, 9.17) is 5.26 Å². The van der Waals surface area contributed by atoms with Gasteiger partial charge in [-0.3, -0.25) is 4.79 Å². The number of anilines is 1. The zero-order chi connectivity index (χ0) is 11.8. The van der Waals surface area contributed by atoms with Crippen LogP contribution in [0.4, 0.5) is 5.69 Å². The minimum Gasteiger partial charge on any atom is -0.324 e. The molecule has 0 saturated heterocycles. The molecule has 0 atom stereocenters. The molecular weight excluding hydrogens is 200 g/mol. The average Bonchev–Trinajstić information content (AvgIpc) is 3.04. The third-order valence-corrected chi connectivity index (χ3v) is 3.04. The number of aryl methyl sites for hydroxylation is 2. The summed E-state index contributed by atoms with van der Waals surface area (Å²) in [5.41, 5.74) is 2.18. The number of nitrogens with zero attached hydrogens (tertiary/aromatic N) is 1. The first kappa shape index (κ1) is 10.7. The Bertz CT molecular complexity index is 481. The highest BCUT2D eigenvalue weighted by Crippen LogP contribution is 2.45. The van der Waals surface area contributed by atoms with Crippen LogP contribution >= 0.6 is 0 Å². The number of benzene rings is 1. The van der Waals surface area contributed by atoms with Crippen LogP contribution in [0.3, 0.4) is 0 Å². The Balaban J connectivity index is 2.19. The Morgan fingerprint density at radius 2 is 2.12 bits per heavy atom. The lowest BCUT2D eigenvalue weighted by molar-refractivity contribution is -0.119. The van der Waals surface area contributed by atoms with Gasteiger partial charge in [0.2, 0.25) is 5.91 Å². The maximum atomic E-state index is 11.9. The number of amides is 1. The Morgan fingerprint density at radius 1 is 1.44 bits per heavy atom. The van der Waals surface area contributed by atoms with Gasteiger partial charge in [0.05, 0.1) is 6.07 Å². The zero-order valence-corrected chi connectivity index (χ0v) is 9.50. The van der Waals surface area contributed by atoms with Crippen molar-refractivity contribution in [2.75, 3.05) is 5.32 Å². The van der Waals surface area contributed by atoms with Gasteiger partial charge in [0.1, 0.15) is 5.41 Å². The van der Waals surface area contributed by atoms with Gasteiger partial charge >= 0.3 is 0 Å². The molecule has 0 aliphatic heterocycles. The van der Waals surface area contributed by atoms with Crippen LogP contribution < -0.4 is 5.32 Å². The smallest absolute Gasteiger partial charge is 0.244 e. The largest absolute Gasteiger partial charge is 0.324 e. The minimum atomic E-state index is -0.754. The van der Waals surface area contributed by atoms with Gasteiger partial charge in [-0.05, 0) is 43.9 Å². The Kier molecular flexibility index (Phi) is 2.43. The molecule has 1 aliphatic carbocycles. The van der Waals surface area contributed by atoms with E-state index < -0.39 is 5.41 Å². The van der Waals surface area contributed by atoms with Gasteiger partial charge in [0.15, 0.2) is 0 Å². The van der Waals surface area contributed by atoms with Crippen molar-refractivity contribution in [1.82, 2.24) is 0 Å². The van der Waals surface area contributed by atoms with Gasteiger partial charge < -0.3 is 5.32 Å². The van der Waals surface area contributed by atoms with Crippen LogP contribution in [0.1, 0.15) is 24.0 Å². The van der Waals surface area contributed by atoms with Crippen molar-refractivity contribution in [3.8, 4) is 6.07 Å². The lowest BCUT2D eigenvalue weighted by atomic mass is 10.1. The van der Waals surface area contributed by atoms with E-state index in [1.807, 2.05) is 32.0 Å². The predicted octanol–water partition coefficient (Wildman–Crippen LogP) is 2.55. The normalized spacial score (nSPS) is 16.3. The Hall–Kier alpha value is -1.82. The molecule has 0 spiro atoms. The van der Waals surface area contributed by atoms with E-state index in [1.54, 1.807) is 0 Å². The molecule has 1 fully saturated rings. The van der Waals surface area contributed by atoms with Gasteiger partial charge in [-0.1, -0.05) is 12.1 Å². The Labute approximate surface area is 95.1 Å². The standard InChI is InChI=1S/C13H14N2O/c1-9-3-4-10(2)11(7-9)15-12(16)13(8-14)5-6-13/h3-4,7H,5-6H2,1-2H3,(H,15,16). The minimum absolute atomic E-state index is 0.163. The fourth-order valence-electron chi connectivity index (χ4n) is 1.63. The van der Waals surface area contributed by atoms with E-state index >= 15 is 0 Å². The van der Waals surface area contributed by atoms with Gasteiger partial charge in [-0.2, -0.15) is 5.26 Å². The molecule has 16 heavy (non-hydrogen) atoms. The monoisotopic (exact) mass is 214 g/mol. The lowest BCUT2D eigenvalue weighted by Gasteiger charge is -2.11. The SMILES string of the molecule is Cc1ccc(C)c(NC(=O)C2(C#N)CC2)c1. The fourth-order valence-corrected chi connectivity index (χ4v) is 1.63. The molecule has 1 amide bonds. The van der Waals surface area contributed by atoms with E-state index in [2.05, 4.69) is 11.4 Å². The van der Waals surface area contributed by atoms with Crippen molar-refractivity contribution in [2.24, 2.45) is 5.41 Å². The molecular formula is C13H14N2O. The first-order valence-electron chi connectivity index (χ1n) is 5.37. The summed E-state index contributed by atoms with van der Waals surface area (Å²) in [6.07, 6.45) is 1.36. The highest BCUT2D eigenvalue weighted by Gasteiger charge is 2.50. The number of carbonyl (C=O) groups is 1. The molecule has 0 heterocycles. The molecule has 3 heteroatoms. The highest BCUT2D eigenvalue weighted by atomic mass is 16.2. The van der Waals surface area contributed by atoms with Crippen molar-refractivity contribution < 1.29 is 4.79 Å². The summed E-state index contributed by atoms with van der Waals surface area (Å²) in [6, 6.07) is 8.00. The number of rotatable bonds is 2. The first-order valence-corrected chi connectivity index (χ1v) is 5.37. The molecule has 0 aromatic heterocycles. The molecule has 3 nitrogen and oxygen atoms in total. The molecule has 0 radical (unpaired) electrons. The van der Waals surface area contributed by atoms with E-state index in [0.717, 1.165) is 16.8 Å².